The topological polar surface area (TPSA) is 67.2 Å². The number of aromatic nitrogens is 4. The van der Waals surface area contributed by atoms with E-state index in [-0.39, 0.29) is 17.9 Å². The predicted molar refractivity (Wildman–Crippen MR) is 92.7 cm³/mol. The second-order valence-corrected chi connectivity index (χ2v) is 7.98. The molecule has 3 heterocycles. The Morgan fingerprint density at radius 1 is 1.25 bits per heavy atom. The summed E-state index contributed by atoms with van der Waals surface area (Å²) in [6.45, 7) is 10.6. The van der Waals surface area contributed by atoms with Gasteiger partial charge in [0.2, 0.25) is 5.91 Å². The Balaban J connectivity index is 1.53. The Morgan fingerprint density at radius 3 is 2.62 bits per heavy atom. The van der Waals surface area contributed by atoms with Crippen molar-refractivity contribution < 1.29 is 4.79 Å². The molecule has 0 radical (unpaired) electrons. The van der Waals surface area contributed by atoms with Gasteiger partial charge in [-0.1, -0.05) is 20.8 Å². The lowest BCUT2D eigenvalue weighted by atomic mass is 9.96. The monoisotopic (exact) mass is 348 g/mol. The molecule has 24 heavy (non-hydrogen) atoms. The third kappa shape index (κ3) is 3.99. The Morgan fingerprint density at radius 2 is 2.00 bits per heavy atom. The van der Waals surface area contributed by atoms with Crippen LogP contribution in [-0.2, 0) is 23.3 Å². The maximum absolute atomic E-state index is 12.6. The van der Waals surface area contributed by atoms with Crippen LogP contribution in [0.15, 0.2) is 16.8 Å². The van der Waals surface area contributed by atoms with Gasteiger partial charge in [-0.3, -0.25) is 9.69 Å². The minimum Gasteiger partial charge on any atom is -0.339 e. The number of nitrogens with zero attached hydrogens (tertiary/aromatic N) is 6. The summed E-state index contributed by atoms with van der Waals surface area (Å²) in [7, 11) is 0. The SMILES string of the molecule is CC(C)(C)c1nnnn1CC(=O)N1CCN(Cc2ccsc2)CC1. The summed E-state index contributed by atoms with van der Waals surface area (Å²) in [5.41, 5.74) is 1.17. The van der Waals surface area contributed by atoms with Gasteiger partial charge in [0.1, 0.15) is 6.54 Å². The number of hydrogen-bond donors (Lipinski definition) is 0. The molecule has 0 saturated carbocycles. The quantitative estimate of drug-likeness (QED) is 0.835. The molecule has 1 aliphatic heterocycles. The summed E-state index contributed by atoms with van der Waals surface area (Å²) in [5, 5.41) is 16.1. The number of carbonyl (C=O) groups is 1. The molecule has 7 nitrogen and oxygen atoms in total. The molecule has 0 N–H and O–H groups in total. The fourth-order valence-electron chi connectivity index (χ4n) is 2.87. The molecule has 0 aliphatic carbocycles. The van der Waals surface area contributed by atoms with Gasteiger partial charge in [-0.05, 0) is 32.8 Å². The van der Waals surface area contributed by atoms with Gasteiger partial charge < -0.3 is 4.90 Å². The molecule has 0 unspecified atom stereocenters. The zero-order valence-corrected chi connectivity index (χ0v) is 15.3. The molecule has 1 fully saturated rings. The van der Waals surface area contributed by atoms with Crippen LogP contribution in [0.4, 0.5) is 0 Å². The van der Waals surface area contributed by atoms with Crippen molar-refractivity contribution in [1.29, 1.82) is 0 Å². The highest BCUT2D eigenvalue weighted by atomic mass is 32.1. The highest BCUT2D eigenvalue weighted by Gasteiger charge is 2.26. The molecule has 3 rings (SSSR count). The fourth-order valence-corrected chi connectivity index (χ4v) is 3.53. The third-order valence-electron chi connectivity index (χ3n) is 4.20. The lowest BCUT2D eigenvalue weighted by molar-refractivity contribution is -0.134. The second kappa shape index (κ2) is 6.98. The smallest absolute Gasteiger partial charge is 0.244 e. The van der Waals surface area contributed by atoms with E-state index in [4.69, 9.17) is 0 Å². The largest absolute Gasteiger partial charge is 0.339 e. The summed E-state index contributed by atoms with van der Waals surface area (Å²) in [6.07, 6.45) is 0. The molecule has 1 aliphatic rings. The minimum atomic E-state index is -0.178. The Labute approximate surface area is 146 Å². The Hall–Kier alpha value is -1.80. The van der Waals surface area contributed by atoms with E-state index in [1.807, 2.05) is 25.7 Å². The first-order valence-electron chi connectivity index (χ1n) is 8.21. The van der Waals surface area contributed by atoms with Gasteiger partial charge in [-0.2, -0.15) is 11.3 Å². The molecule has 0 bridgehead atoms. The standard InChI is InChI=1S/C16H24N6OS/c1-16(2,3)15-17-18-19-22(15)11-14(23)21-7-5-20(6-8-21)10-13-4-9-24-12-13/h4,9,12H,5-8,10-11H2,1-3H3. The van der Waals surface area contributed by atoms with E-state index in [1.54, 1.807) is 16.0 Å². The van der Waals surface area contributed by atoms with Gasteiger partial charge in [0.05, 0.1) is 0 Å². The third-order valence-corrected chi connectivity index (χ3v) is 4.93. The van der Waals surface area contributed by atoms with Crippen molar-refractivity contribution in [2.24, 2.45) is 0 Å². The molecule has 0 atom stereocenters. The maximum atomic E-state index is 12.6. The van der Waals surface area contributed by atoms with E-state index >= 15 is 0 Å². The zero-order chi connectivity index (χ0) is 17.2. The van der Waals surface area contributed by atoms with Crippen LogP contribution in [0.1, 0.15) is 32.2 Å². The van der Waals surface area contributed by atoms with Crippen molar-refractivity contribution in [3.05, 3.63) is 28.2 Å². The zero-order valence-electron chi connectivity index (χ0n) is 14.5. The summed E-state index contributed by atoms with van der Waals surface area (Å²) in [5.74, 6) is 0.829. The second-order valence-electron chi connectivity index (χ2n) is 7.20. The highest BCUT2D eigenvalue weighted by Crippen LogP contribution is 2.18. The number of rotatable bonds is 4. The summed E-state index contributed by atoms with van der Waals surface area (Å²) in [6, 6.07) is 2.16. The van der Waals surface area contributed by atoms with Gasteiger partial charge >= 0.3 is 0 Å². The molecular weight excluding hydrogens is 324 g/mol. The van der Waals surface area contributed by atoms with Crippen LogP contribution >= 0.6 is 11.3 Å². The molecule has 1 saturated heterocycles. The van der Waals surface area contributed by atoms with Crippen molar-refractivity contribution in [1.82, 2.24) is 30.0 Å². The van der Waals surface area contributed by atoms with Gasteiger partial charge in [0.25, 0.3) is 0 Å². The predicted octanol–water partition coefficient (Wildman–Crippen LogP) is 1.38. The normalized spacial score (nSPS) is 16.5. The van der Waals surface area contributed by atoms with Gasteiger partial charge in [-0.25, -0.2) is 4.68 Å². The Bertz CT molecular complexity index is 667. The number of tetrazole rings is 1. The van der Waals surface area contributed by atoms with Gasteiger partial charge in [0.15, 0.2) is 5.82 Å². The van der Waals surface area contributed by atoms with E-state index in [0.29, 0.717) is 0 Å². The molecule has 0 spiro atoms. The number of carbonyl (C=O) groups excluding carboxylic acids is 1. The number of hydrogen-bond acceptors (Lipinski definition) is 6. The van der Waals surface area contributed by atoms with E-state index in [0.717, 1.165) is 38.5 Å². The lowest BCUT2D eigenvalue weighted by Crippen LogP contribution is -2.49. The average Bonchev–Trinajstić information content (AvgIpc) is 3.19. The van der Waals surface area contributed by atoms with Crippen LogP contribution in [0.2, 0.25) is 0 Å². The highest BCUT2D eigenvalue weighted by molar-refractivity contribution is 7.07. The number of piperazine rings is 1. The first-order valence-corrected chi connectivity index (χ1v) is 9.15. The van der Waals surface area contributed by atoms with Gasteiger partial charge in [-0.15, -0.1) is 5.10 Å². The number of amides is 1. The Kier molecular flexibility index (Phi) is 4.96. The van der Waals surface area contributed by atoms with Crippen molar-refractivity contribution in [2.45, 2.75) is 39.3 Å². The van der Waals surface area contributed by atoms with E-state index < -0.39 is 0 Å². The molecule has 8 heteroatoms. The van der Waals surface area contributed by atoms with Crippen LogP contribution < -0.4 is 0 Å². The fraction of sp³-hybridized carbons (Fsp3) is 0.625. The van der Waals surface area contributed by atoms with Gasteiger partial charge in [0, 0.05) is 38.1 Å². The van der Waals surface area contributed by atoms with E-state index in [2.05, 4.69) is 37.3 Å². The van der Waals surface area contributed by atoms with Crippen LogP contribution in [0.25, 0.3) is 0 Å². The summed E-state index contributed by atoms with van der Waals surface area (Å²) < 4.78 is 1.63. The average molecular weight is 348 g/mol. The van der Waals surface area contributed by atoms with Crippen LogP contribution in [0.3, 0.4) is 0 Å². The molecule has 1 amide bonds. The summed E-state index contributed by atoms with van der Waals surface area (Å²) >= 11 is 1.73. The van der Waals surface area contributed by atoms with Crippen molar-refractivity contribution in [3.63, 3.8) is 0 Å². The molecule has 0 aromatic carbocycles. The van der Waals surface area contributed by atoms with Crippen LogP contribution in [0, 0.1) is 0 Å². The molecule has 130 valence electrons. The van der Waals surface area contributed by atoms with Crippen molar-refractivity contribution in [2.75, 3.05) is 26.2 Å². The first kappa shape index (κ1) is 17.0. The van der Waals surface area contributed by atoms with Crippen molar-refractivity contribution >= 4 is 17.2 Å². The first-order chi connectivity index (χ1) is 11.4. The van der Waals surface area contributed by atoms with E-state index in [1.165, 1.54) is 5.56 Å². The molecular formula is C16H24N6OS. The minimum absolute atomic E-state index is 0.0861. The summed E-state index contributed by atoms with van der Waals surface area (Å²) in [4.78, 5) is 16.9. The number of thiophene rings is 1. The molecule has 2 aromatic heterocycles. The van der Waals surface area contributed by atoms with E-state index in [9.17, 15) is 4.79 Å². The maximum Gasteiger partial charge on any atom is 0.244 e. The lowest BCUT2D eigenvalue weighted by Gasteiger charge is -2.34. The molecule has 2 aromatic rings. The van der Waals surface area contributed by atoms with Crippen molar-refractivity contribution in [3.8, 4) is 0 Å². The van der Waals surface area contributed by atoms with Crippen LogP contribution in [-0.4, -0.2) is 62.1 Å². The van der Waals surface area contributed by atoms with Crippen LogP contribution in [0.5, 0.6) is 0 Å².